The number of likely N-dealkylation sites (tertiary alicyclic amines) is 1. The maximum atomic E-state index is 16.3. The van der Waals surface area contributed by atoms with Crippen LogP contribution in [0.15, 0.2) is 48.3 Å². The summed E-state index contributed by atoms with van der Waals surface area (Å²) < 4.78 is 57.2. The van der Waals surface area contributed by atoms with E-state index in [4.69, 9.17) is 21.1 Å². The molecule has 51 heavy (non-hydrogen) atoms. The molecule has 0 bridgehead atoms. The van der Waals surface area contributed by atoms with Gasteiger partial charge < -0.3 is 24.6 Å². The minimum absolute atomic E-state index is 0.00516. The predicted octanol–water partition coefficient (Wildman–Crippen LogP) is 6.23. The van der Waals surface area contributed by atoms with Crippen LogP contribution in [0.2, 0.25) is 5.02 Å². The van der Waals surface area contributed by atoms with E-state index in [1.807, 2.05) is 42.0 Å². The van der Waals surface area contributed by atoms with Gasteiger partial charge in [0.2, 0.25) is 10.0 Å². The number of sulfonamides is 1. The predicted molar refractivity (Wildman–Crippen MR) is 199 cm³/mol. The summed E-state index contributed by atoms with van der Waals surface area (Å²) >= 11 is 6.25. The van der Waals surface area contributed by atoms with Crippen molar-refractivity contribution in [2.45, 2.75) is 103 Å². The number of aliphatic hydroxyl groups is 2. The van der Waals surface area contributed by atoms with Crippen LogP contribution in [-0.4, -0.2) is 85.4 Å². The highest BCUT2D eigenvalue weighted by atomic mass is 35.5. The first-order valence-electron chi connectivity index (χ1n) is 17.8. The van der Waals surface area contributed by atoms with Crippen molar-refractivity contribution in [3.63, 3.8) is 0 Å². The first-order valence-corrected chi connectivity index (χ1v) is 19.7. The molecular weight excluding hydrogens is 697 g/mol. The number of anilines is 1. The number of aryl methyl sites for hydroxylation is 1. The molecule has 0 spiro atoms. The molecule has 13 heteroatoms. The number of fused-ring (bicyclic) bond motifs is 2. The van der Waals surface area contributed by atoms with E-state index in [-0.39, 0.29) is 24.6 Å². The summed E-state index contributed by atoms with van der Waals surface area (Å²) in [7, 11) is -2.26. The van der Waals surface area contributed by atoms with Crippen LogP contribution in [0.1, 0.15) is 88.7 Å². The van der Waals surface area contributed by atoms with Crippen LogP contribution in [0.25, 0.3) is 0 Å². The highest BCUT2D eigenvalue weighted by molar-refractivity contribution is 7.90. The molecule has 0 aromatic heterocycles. The Labute approximate surface area is 308 Å². The summed E-state index contributed by atoms with van der Waals surface area (Å²) in [6.45, 7) is 11.0. The molecule has 10 nitrogen and oxygen atoms in total. The van der Waals surface area contributed by atoms with E-state index in [9.17, 15) is 23.4 Å². The number of ether oxygens (including phenoxy) is 2. The number of halogens is 2. The van der Waals surface area contributed by atoms with Gasteiger partial charge >= 0.3 is 0 Å². The number of allylic oxidation sites excluding steroid dienone is 1. The lowest BCUT2D eigenvalue weighted by Gasteiger charge is -2.54. The summed E-state index contributed by atoms with van der Waals surface area (Å²) in [6.07, 6.45) is 4.92. The molecule has 284 valence electrons. The average molecular weight is 752 g/mol. The molecule has 0 saturated carbocycles. The summed E-state index contributed by atoms with van der Waals surface area (Å²) in [4.78, 5) is 17.3. The largest absolute Gasteiger partial charge is 0.487 e. The highest BCUT2D eigenvalue weighted by Gasteiger charge is 2.50. The van der Waals surface area contributed by atoms with Crippen molar-refractivity contribution in [3.8, 4) is 5.75 Å². The van der Waals surface area contributed by atoms with Crippen molar-refractivity contribution in [1.29, 1.82) is 0 Å². The molecule has 1 fully saturated rings. The smallest absolute Gasteiger partial charge is 0.264 e. The van der Waals surface area contributed by atoms with Gasteiger partial charge in [0.1, 0.15) is 23.7 Å². The number of hydrogen-bond donors (Lipinski definition) is 3. The van der Waals surface area contributed by atoms with Gasteiger partial charge in [0.05, 0.1) is 24.2 Å². The van der Waals surface area contributed by atoms with Gasteiger partial charge in [-0.1, -0.05) is 37.6 Å². The van der Waals surface area contributed by atoms with Crippen LogP contribution < -0.4 is 14.4 Å². The van der Waals surface area contributed by atoms with Gasteiger partial charge in [0.25, 0.3) is 5.91 Å². The van der Waals surface area contributed by atoms with Crippen LogP contribution in [0.5, 0.6) is 5.75 Å². The Morgan fingerprint density at radius 2 is 1.88 bits per heavy atom. The van der Waals surface area contributed by atoms with E-state index in [2.05, 4.69) is 4.72 Å². The first kappa shape index (κ1) is 41.0. The van der Waals surface area contributed by atoms with E-state index in [0.29, 0.717) is 36.2 Å². The van der Waals surface area contributed by atoms with Gasteiger partial charge in [-0.2, -0.15) is 0 Å². The number of aliphatic hydroxyl groups excluding tert-OH is 1. The normalized spacial score (nSPS) is 20.7. The molecular formula is C38H55ClFN3O7S. The average Bonchev–Trinajstić information content (AvgIpc) is 3.10. The lowest BCUT2D eigenvalue weighted by atomic mass is 9.78. The number of amides is 1. The number of nitrogens with zero attached hydrogens (tertiary/aromatic N) is 2. The van der Waals surface area contributed by atoms with Crippen molar-refractivity contribution < 1.29 is 37.3 Å². The zero-order chi connectivity index (χ0) is 37.7. The fourth-order valence-corrected chi connectivity index (χ4v) is 8.27. The van der Waals surface area contributed by atoms with E-state index < -0.39 is 56.8 Å². The molecule has 3 N–H and O–H groups in total. The molecule has 1 amide bonds. The lowest BCUT2D eigenvalue weighted by Crippen LogP contribution is -2.66. The second-order valence-electron chi connectivity index (χ2n) is 14.8. The summed E-state index contributed by atoms with van der Waals surface area (Å²) in [5, 5.41) is 20.4. The SMILES string of the molecule is C[C@@H]1CCN1C(CO)(/C(F)=C/C[C@H](C)[C@@H](C)S(=O)(=O)NC(=O)c1ccc2c(c1)N(C)CCCCc1cc(Cl)ccc1CO2)[C@@H](C)COC(C)(C)O. The van der Waals surface area contributed by atoms with Gasteiger partial charge in [-0.3, -0.25) is 9.69 Å². The molecule has 2 heterocycles. The van der Waals surface area contributed by atoms with E-state index in [1.54, 1.807) is 32.0 Å². The topological polar surface area (TPSA) is 129 Å². The zero-order valence-electron chi connectivity index (χ0n) is 30.9. The minimum Gasteiger partial charge on any atom is -0.487 e. The number of carbonyl (C=O) groups is 1. The summed E-state index contributed by atoms with van der Waals surface area (Å²) in [5.41, 5.74) is 1.62. The fourth-order valence-electron chi connectivity index (χ4n) is 6.79. The summed E-state index contributed by atoms with van der Waals surface area (Å²) in [5.74, 6) is -3.33. The van der Waals surface area contributed by atoms with E-state index in [0.717, 1.165) is 36.8 Å². The monoisotopic (exact) mass is 751 g/mol. The van der Waals surface area contributed by atoms with Gasteiger partial charge in [-0.25, -0.2) is 17.5 Å². The Kier molecular flexibility index (Phi) is 13.6. The molecule has 0 aliphatic carbocycles. The Hall–Kier alpha value is -2.74. The third-order valence-corrected chi connectivity index (χ3v) is 12.7. The molecule has 1 unspecified atom stereocenters. The van der Waals surface area contributed by atoms with Gasteiger partial charge in [-0.05, 0) is 107 Å². The second-order valence-corrected chi connectivity index (χ2v) is 17.3. The Morgan fingerprint density at radius 1 is 1.16 bits per heavy atom. The van der Waals surface area contributed by atoms with Gasteiger partial charge in [0.15, 0.2) is 5.79 Å². The fraction of sp³-hybridized carbons (Fsp3) is 0.605. The van der Waals surface area contributed by atoms with E-state index in [1.165, 1.54) is 26.8 Å². The number of carbonyl (C=O) groups excluding carboxylic acids is 1. The van der Waals surface area contributed by atoms with Crippen LogP contribution in [0.4, 0.5) is 10.1 Å². The molecule has 2 aromatic carbocycles. The van der Waals surface area contributed by atoms with Crippen LogP contribution in [0.3, 0.4) is 0 Å². The molecule has 5 atom stereocenters. The lowest BCUT2D eigenvalue weighted by molar-refractivity contribution is -0.195. The molecule has 2 aromatic rings. The number of benzene rings is 2. The molecule has 1 saturated heterocycles. The molecule has 0 radical (unpaired) electrons. The van der Waals surface area contributed by atoms with Crippen molar-refractivity contribution in [1.82, 2.24) is 9.62 Å². The van der Waals surface area contributed by atoms with E-state index >= 15 is 4.39 Å². The Balaban J connectivity index is 1.48. The minimum atomic E-state index is -4.17. The maximum Gasteiger partial charge on any atom is 0.264 e. The zero-order valence-corrected chi connectivity index (χ0v) is 32.5. The Bertz CT molecular complexity index is 1670. The standard InChI is InChI=1S/C38H55ClFN3O7S/c1-25(11-16-35(40)38(24-44,43-19-17-27(43)3)26(2)22-50-37(5,6)46)28(4)51(47,48)41-36(45)30-13-15-34-33(21-30)42(7)18-9-8-10-29-20-32(39)14-12-31(29)23-49-34/h12-16,20-21,25-28,44,46H,8-11,17-19,22-24H2,1-7H3,(H,41,45)/b35-16-/t25-,26-,27+,28+,38?/m0/s1. The third kappa shape index (κ3) is 9.83. The van der Waals surface area contributed by atoms with Crippen molar-refractivity contribution in [2.75, 3.05) is 38.3 Å². The second kappa shape index (κ2) is 16.9. The molecule has 4 rings (SSSR count). The maximum absolute atomic E-state index is 16.3. The van der Waals surface area contributed by atoms with Gasteiger partial charge in [0, 0.05) is 42.7 Å². The van der Waals surface area contributed by atoms with Crippen LogP contribution >= 0.6 is 11.6 Å². The third-order valence-electron chi connectivity index (χ3n) is 10.6. The quantitative estimate of drug-likeness (QED) is 0.204. The number of hydrogen-bond acceptors (Lipinski definition) is 9. The molecule has 2 aliphatic heterocycles. The van der Waals surface area contributed by atoms with Crippen LogP contribution in [0, 0.1) is 11.8 Å². The number of rotatable bonds is 13. The van der Waals surface area contributed by atoms with Crippen molar-refractivity contribution >= 4 is 33.2 Å². The number of nitrogens with one attached hydrogen (secondary N) is 1. The Morgan fingerprint density at radius 3 is 2.51 bits per heavy atom. The summed E-state index contributed by atoms with van der Waals surface area (Å²) in [6, 6.07) is 10.7. The van der Waals surface area contributed by atoms with Crippen molar-refractivity contribution in [2.24, 2.45) is 11.8 Å². The first-order chi connectivity index (χ1) is 23.9. The van der Waals surface area contributed by atoms with Crippen molar-refractivity contribution in [3.05, 3.63) is 70.0 Å². The van der Waals surface area contributed by atoms with Crippen LogP contribution in [-0.2, 0) is 27.8 Å². The van der Waals surface area contributed by atoms with Gasteiger partial charge in [-0.15, -0.1) is 0 Å². The molecule has 2 aliphatic rings. The highest BCUT2D eigenvalue weighted by Crippen LogP contribution is 2.41.